The van der Waals surface area contributed by atoms with Crippen molar-refractivity contribution in [3.8, 4) is 28.4 Å². The van der Waals surface area contributed by atoms with E-state index in [0.29, 0.717) is 44.3 Å². The fraction of sp³-hybridized carbons (Fsp3) is 0.130. The molecule has 0 saturated heterocycles. The van der Waals surface area contributed by atoms with Gasteiger partial charge in [-0.15, -0.1) is 11.3 Å². The van der Waals surface area contributed by atoms with Crippen LogP contribution in [0.5, 0.6) is 11.5 Å². The highest BCUT2D eigenvalue weighted by Gasteiger charge is 2.18. The zero-order valence-corrected chi connectivity index (χ0v) is 19.5. The van der Waals surface area contributed by atoms with Gasteiger partial charge in [0.25, 0.3) is 5.91 Å². The first-order valence-electron chi connectivity index (χ1n) is 9.76. The van der Waals surface area contributed by atoms with Crippen molar-refractivity contribution in [3.63, 3.8) is 0 Å². The fourth-order valence-electron chi connectivity index (χ4n) is 3.17. The molecular formula is C23H19ClN4O4S. The predicted molar refractivity (Wildman–Crippen MR) is 128 cm³/mol. The van der Waals surface area contributed by atoms with E-state index in [4.69, 9.17) is 21.1 Å². The number of carbonyl (C=O) groups excluding carboxylic acids is 1. The van der Waals surface area contributed by atoms with E-state index in [1.807, 2.05) is 0 Å². The third-order valence-electron chi connectivity index (χ3n) is 4.80. The molecular weight excluding hydrogens is 464 g/mol. The second kappa shape index (κ2) is 9.43. The van der Waals surface area contributed by atoms with E-state index >= 15 is 0 Å². The van der Waals surface area contributed by atoms with Crippen LogP contribution in [0.4, 0.5) is 5.13 Å². The van der Waals surface area contributed by atoms with Crippen molar-refractivity contribution in [2.24, 2.45) is 0 Å². The van der Waals surface area contributed by atoms with Crippen molar-refractivity contribution in [1.82, 2.24) is 14.8 Å². The highest BCUT2D eigenvalue weighted by molar-refractivity contribution is 7.14. The van der Waals surface area contributed by atoms with Crippen molar-refractivity contribution < 1.29 is 14.3 Å². The number of nitrogens with one attached hydrogen (secondary N) is 1. The molecule has 1 N–H and O–H groups in total. The summed E-state index contributed by atoms with van der Waals surface area (Å²) in [6, 6.07) is 13.6. The summed E-state index contributed by atoms with van der Waals surface area (Å²) in [5.41, 5.74) is 1.84. The summed E-state index contributed by atoms with van der Waals surface area (Å²) < 4.78 is 12.2. The van der Waals surface area contributed by atoms with Gasteiger partial charge in [-0.1, -0.05) is 11.6 Å². The first-order valence-corrected chi connectivity index (χ1v) is 11.0. The molecule has 2 aromatic heterocycles. The number of halogens is 1. The minimum absolute atomic E-state index is 0.244. The Morgan fingerprint density at radius 1 is 1.09 bits per heavy atom. The number of amides is 1. The number of hydrogen-bond donors (Lipinski definition) is 1. The number of hydrogen-bond acceptors (Lipinski definition) is 7. The van der Waals surface area contributed by atoms with Crippen molar-refractivity contribution in [3.05, 3.63) is 80.5 Å². The van der Waals surface area contributed by atoms with Gasteiger partial charge in [0.15, 0.2) is 10.8 Å². The highest BCUT2D eigenvalue weighted by Crippen LogP contribution is 2.35. The van der Waals surface area contributed by atoms with Crippen LogP contribution in [0.1, 0.15) is 16.2 Å². The second-order valence-corrected chi connectivity index (χ2v) is 8.24. The van der Waals surface area contributed by atoms with Crippen LogP contribution in [0.15, 0.2) is 58.7 Å². The molecule has 0 aliphatic rings. The van der Waals surface area contributed by atoms with E-state index in [0.717, 1.165) is 0 Å². The molecule has 0 unspecified atom stereocenters. The molecule has 33 heavy (non-hydrogen) atoms. The average molecular weight is 483 g/mol. The molecule has 0 saturated carbocycles. The first-order chi connectivity index (χ1) is 15.9. The summed E-state index contributed by atoms with van der Waals surface area (Å²) in [6.45, 7) is 1.74. The second-order valence-electron chi connectivity index (χ2n) is 6.95. The van der Waals surface area contributed by atoms with Crippen LogP contribution in [0.25, 0.3) is 16.9 Å². The topological polar surface area (TPSA) is 95.3 Å². The molecule has 0 bridgehead atoms. The molecule has 2 aromatic carbocycles. The van der Waals surface area contributed by atoms with E-state index in [2.05, 4.69) is 15.4 Å². The Kier molecular flexibility index (Phi) is 6.43. The van der Waals surface area contributed by atoms with Gasteiger partial charge in [-0.25, -0.2) is 9.67 Å². The molecule has 10 heteroatoms. The molecule has 4 rings (SSSR count). The lowest BCUT2D eigenvalue weighted by Gasteiger charge is -2.11. The number of thiazole rings is 1. The highest BCUT2D eigenvalue weighted by atomic mass is 35.5. The van der Waals surface area contributed by atoms with E-state index in [-0.39, 0.29) is 5.69 Å². The molecule has 0 aliphatic carbocycles. The Bertz CT molecular complexity index is 1380. The number of aromatic nitrogens is 3. The smallest absolute Gasteiger partial charge is 0.281 e. The number of rotatable bonds is 6. The van der Waals surface area contributed by atoms with Crippen molar-refractivity contribution in [1.29, 1.82) is 0 Å². The third-order valence-corrected chi connectivity index (χ3v) is 5.81. The van der Waals surface area contributed by atoms with Gasteiger partial charge in [0, 0.05) is 27.7 Å². The van der Waals surface area contributed by atoms with E-state index in [9.17, 15) is 9.59 Å². The van der Waals surface area contributed by atoms with E-state index in [1.165, 1.54) is 22.1 Å². The van der Waals surface area contributed by atoms with Crippen LogP contribution in [0, 0.1) is 6.92 Å². The van der Waals surface area contributed by atoms with Gasteiger partial charge in [-0.2, -0.15) is 5.10 Å². The van der Waals surface area contributed by atoms with Gasteiger partial charge >= 0.3 is 0 Å². The minimum Gasteiger partial charge on any atom is -0.497 e. The Morgan fingerprint density at radius 3 is 2.55 bits per heavy atom. The van der Waals surface area contributed by atoms with Crippen LogP contribution >= 0.6 is 22.9 Å². The summed E-state index contributed by atoms with van der Waals surface area (Å²) in [5.74, 6) is 0.613. The Labute approximate surface area is 198 Å². The standard InChI is InChI=1S/C23H19ClN4O4S/c1-13-10-19(29)21(27-28(13)15-6-4-14(24)5-7-15)22(30)26-23-25-18(12-33-23)17-11-16(31-2)8-9-20(17)32-3/h4-12H,1-3H3,(H,25,26,30). The number of aryl methyl sites for hydroxylation is 1. The molecule has 168 valence electrons. The minimum atomic E-state index is -0.652. The van der Waals surface area contributed by atoms with Gasteiger partial charge in [-0.3, -0.25) is 14.9 Å². The summed E-state index contributed by atoms with van der Waals surface area (Å²) in [6.07, 6.45) is 0. The quantitative estimate of drug-likeness (QED) is 0.432. The summed E-state index contributed by atoms with van der Waals surface area (Å²) in [7, 11) is 3.14. The molecule has 0 radical (unpaired) electrons. The molecule has 0 fully saturated rings. The predicted octanol–water partition coefficient (Wildman–Crippen LogP) is 4.59. The number of ether oxygens (including phenoxy) is 2. The van der Waals surface area contributed by atoms with Crippen LogP contribution in [-0.2, 0) is 0 Å². The van der Waals surface area contributed by atoms with Gasteiger partial charge in [0.1, 0.15) is 11.5 Å². The summed E-state index contributed by atoms with van der Waals surface area (Å²) >= 11 is 7.17. The molecule has 8 nitrogen and oxygen atoms in total. The van der Waals surface area contributed by atoms with Gasteiger partial charge in [0.05, 0.1) is 25.6 Å². The van der Waals surface area contributed by atoms with Crippen molar-refractivity contribution in [2.45, 2.75) is 6.92 Å². The molecule has 0 aliphatic heterocycles. The lowest BCUT2D eigenvalue weighted by atomic mass is 10.1. The fourth-order valence-corrected chi connectivity index (χ4v) is 4.01. The number of nitrogens with zero attached hydrogens (tertiary/aromatic N) is 3. The molecule has 0 spiro atoms. The maximum absolute atomic E-state index is 12.9. The van der Waals surface area contributed by atoms with Crippen LogP contribution in [0.2, 0.25) is 5.02 Å². The normalized spacial score (nSPS) is 10.7. The van der Waals surface area contributed by atoms with Crippen LogP contribution < -0.4 is 20.2 Å². The summed E-state index contributed by atoms with van der Waals surface area (Å²) in [4.78, 5) is 29.8. The zero-order chi connectivity index (χ0) is 23.5. The summed E-state index contributed by atoms with van der Waals surface area (Å²) in [5, 5.41) is 9.60. The number of carbonyl (C=O) groups is 1. The van der Waals surface area contributed by atoms with Crippen molar-refractivity contribution in [2.75, 3.05) is 19.5 Å². The maximum atomic E-state index is 12.9. The molecule has 4 aromatic rings. The Balaban J connectivity index is 1.63. The van der Waals surface area contributed by atoms with Crippen molar-refractivity contribution >= 4 is 34.0 Å². The van der Waals surface area contributed by atoms with Gasteiger partial charge < -0.3 is 9.47 Å². The zero-order valence-electron chi connectivity index (χ0n) is 18.0. The number of anilines is 1. The Morgan fingerprint density at radius 2 is 1.85 bits per heavy atom. The molecule has 2 heterocycles. The average Bonchev–Trinajstić information content (AvgIpc) is 3.27. The van der Waals surface area contributed by atoms with Gasteiger partial charge in [-0.05, 0) is 49.4 Å². The largest absolute Gasteiger partial charge is 0.497 e. The van der Waals surface area contributed by atoms with Crippen LogP contribution in [0.3, 0.4) is 0 Å². The van der Waals surface area contributed by atoms with Crippen LogP contribution in [-0.4, -0.2) is 34.9 Å². The van der Waals surface area contributed by atoms with Gasteiger partial charge in [0.2, 0.25) is 5.43 Å². The van der Waals surface area contributed by atoms with E-state index < -0.39 is 11.3 Å². The lowest BCUT2D eigenvalue weighted by molar-refractivity contribution is 0.101. The van der Waals surface area contributed by atoms with E-state index in [1.54, 1.807) is 69.0 Å². The monoisotopic (exact) mass is 482 g/mol. The molecule has 0 atom stereocenters. The Hall–Kier alpha value is -3.69. The molecule has 1 amide bonds. The lowest BCUT2D eigenvalue weighted by Crippen LogP contribution is -2.26. The third kappa shape index (κ3) is 4.74. The SMILES string of the molecule is COc1ccc(OC)c(-c2csc(NC(=O)c3nn(-c4ccc(Cl)cc4)c(C)cc3=O)n2)c1. The number of benzene rings is 2. The number of methoxy groups -OCH3 is 2. The first kappa shape index (κ1) is 22.5. The maximum Gasteiger partial charge on any atom is 0.281 e.